The Morgan fingerprint density at radius 3 is 2.67 bits per heavy atom. The number of rotatable bonds is 3. The maximum Gasteiger partial charge on any atom is 0.0994 e. The van der Waals surface area contributed by atoms with E-state index in [1.807, 2.05) is 48.9 Å². The molecule has 0 radical (unpaired) electrons. The molecule has 106 valence electrons. The van der Waals surface area contributed by atoms with Gasteiger partial charge in [0.1, 0.15) is 0 Å². The highest BCUT2D eigenvalue weighted by molar-refractivity contribution is 9.10. The summed E-state index contributed by atoms with van der Waals surface area (Å²) >= 11 is 3.52. The summed E-state index contributed by atoms with van der Waals surface area (Å²) in [6.45, 7) is 2.08. The molecule has 0 saturated carbocycles. The van der Waals surface area contributed by atoms with Crippen LogP contribution in [0.2, 0.25) is 0 Å². The zero-order valence-electron chi connectivity index (χ0n) is 11.7. The summed E-state index contributed by atoms with van der Waals surface area (Å²) in [5, 5.41) is 0. The zero-order valence-corrected chi connectivity index (χ0v) is 13.3. The predicted molar refractivity (Wildman–Crippen MR) is 88.5 cm³/mol. The number of aromatic nitrogens is 2. The third-order valence-corrected chi connectivity index (χ3v) is 4.07. The predicted octanol–water partition coefficient (Wildman–Crippen LogP) is 3.99. The van der Waals surface area contributed by atoms with Gasteiger partial charge in [0.25, 0.3) is 0 Å². The molecule has 3 aromatic rings. The van der Waals surface area contributed by atoms with E-state index in [4.69, 9.17) is 5.73 Å². The van der Waals surface area contributed by atoms with E-state index >= 15 is 0 Å². The molecule has 0 fully saturated rings. The van der Waals surface area contributed by atoms with E-state index in [1.54, 1.807) is 0 Å². The lowest BCUT2D eigenvalue weighted by molar-refractivity contribution is 0.791. The average Bonchev–Trinajstić information content (AvgIpc) is 2.99. The third-order valence-electron chi connectivity index (χ3n) is 3.58. The molecule has 0 saturated heterocycles. The minimum absolute atomic E-state index is 0.202. The molecule has 4 heteroatoms. The first-order valence-corrected chi connectivity index (χ1v) is 7.55. The van der Waals surface area contributed by atoms with E-state index in [9.17, 15) is 0 Å². The fourth-order valence-electron chi connectivity index (χ4n) is 2.41. The minimum atomic E-state index is -0.202. The minimum Gasteiger partial charge on any atom is -0.319 e. The standard InChI is InChI=1S/C17H16BrN3/c1-12-7-8-14(18)9-15(12)21-11-20-10-16(21)17(19)13-5-3-2-4-6-13/h2-11,17H,19H2,1H3. The molecule has 0 aliphatic carbocycles. The smallest absolute Gasteiger partial charge is 0.0994 e. The zero-order chi connectivity index (χ0) is 14.8. The lowest BCUT2D eigenvalue weighted by Gasteiger charge is -2.17. The van der Waals surface area contributed by atoms with Crippen molar-refractivity contribution in [2.24, 2.45) is 5.73 Å². The molecule has 0 amide bonds. The van der Waals surface area contributed by atoms with Gasteiger partial charge in [-0.3, -0.25) is 0 Å². The van der Waals surface area contributed by atoms with Crippen LogP contribution in [0.3, 0.4) is 0 Å². The van der Waals surface area contributed by atoms with Crippen LogP contribution < -0.4 is 5.73 Å². The number of nitrogens with two attached hydrogens (primary N) is 1. The van der Waals surface area contributed by atoms with Gasteiger partial charge in [0.05, 0.1) is 29.9 Å². The highest BCUT2D eigenvalue weighted by Crippen LogP contribution is 2.25. The lowest BCUT2D eigenvalue weighted by Crippen LogP contribution is -2.16. The maximum atomic E-state index is 6.41. The normalized spacial score (nSPS) is 12.3. The summed E-state index contributed by atoms with van der Waals surface area (Å²) < 4.78 is 3.09. The Labute approximate surface area is 132 Å². The number of benzene rings is 2. The molecule has 0 aliphatic rings. The summed E-state index contributed by atoms with van der Waals surface area (Å²) in [7, 11) is 0. The number of aryl methyl sites for hydroxylation is 1. The van der Waals surface area contributed by atoms with E-state index in [2.05, 4.69) is 44.5 Å². The van der Waals surface area contributed by atoms with E-state index in [0.717, 1.165) is 21.4 Å². The van der Waals surface area contributed by atoms with Crippen LogP contribution in [0.5, 0.6) is 0 Å². The quantitative estimate of drug-likeness (QED) is 0.782. The Morgan fingerprint density at radius 2 is 1.90 bits per heavy atom. The second-order valence-electron chi connectivity index (χ2n) is 5.01. The van der Waals surface area contributed by atoms with Crippen LogP contribution in [0.1, 0.15) is 22.9 Å². The van der Waals surface area contributed by atoms with Gasteiger partial charge in [-0.15, -0.1) is 0 Å². The van der Waals surface area contributed by atoms with Crippen molar-refractivity contribution in [1.82, 2.24) is 9.55 Å². The largest absolute Gasteiger partial charge is 0.319 e. The molecule has 2 aromatic carbocycles. The van der Waals surface area contributed by atoms with Crippen molar-refractivity contribution >= 4 is 15.9 Å². The first-order chi connectivity index (χ1) is 10.2. The van der Waals surface area contributed by atoms with E-state index in [1.165, 1.54) is 5.56 Å². The van der Waals surface area contributed by atoms with E-state index in [-0.39, 0.29) is 6.04 Å². The third kappa shape index (κ3) is 2.77. The van der Waals surface area contributed by atoms with Crippen molar-refractivity contribution < 1.29 is 0 Å². The van der Waals surface area contributed by atoms with Gasteiger partial charge in [0.15, 0.2) is 0 Å². The number of imidazole rings is 1. The summed E-state index contributed by atoms with van der Waals surface area (Å²) in [4.78, 5) is 4.28. The van der Waals surface area contributed by atoms with Crippen LogP contribution in [0.4, 0.5) is 0 Å². The van der Waals surface area contributed by atoms with Crippen LogP contribution in [0.15, 0.2) is 65.5 Å². The molecule has 0 spiro atoms. The topological polar surface area (TPSA) is 43.8 Å². The molecule has 1 unspecified atom stereocenters. The molecular formula is C17H16BrN3. The molecular weight excluding hydrogens is 326 g/mol. The SMILES string of the molecule is Cc1ccc(Br)cc1-n1cncc1C(N)c1ccccc1. The molecule has 2 N–H and O–H groups in total. The van der Waals surface area contributed by atoms with Gasteiger partial charge >= 0.3 is 0 Å². The van der Waals surface area contributed by atoms with Crippen LogP contribution in [0.25, 0.3) is 5.69 Å². The molecule has 0 aliphatic heterocycles. The van der Waals surface area contributed by atoms with Crippen molar-refractivity contribution in [3.8, 4) is 5.69 Å². The van der Waals surface area contributed by atoms with Crippen LogP contribution in [-0.4, -0.2) is 9.55 Å². The second kappa shape index (κ2) is 5.84. The number of nitrogens with zero attached hydrogens (tertiary/aromatic N) is 2. The fourth-order valence-corrected chi connectivity index (χ4v) is 2.76. The molecule has 0 bridgehead atoms. The molecule has 1 heterocycles. The van der Waals surface area contributed by atoms with Crippen molar-refractivity contribution in [3.63, 3.8) is 0 Å². The van der Waals surface area contributed by atoms with Crippen molar-refractivity contribution in [1.29, 1.82) is 0 Å². The average molecular weight is 342 g/mol. The molecule has 21 heavy (non-hydrogen) atoms. The van der Waals surface area contributed by atoms with Crippen molar-refractivity contribution in [3.05, 3.63) is 82.3 Å². The highest BCUT2D eigenvalue weighted by Gasteiger charge is 2.15. The molecule has 1 atom stereocenters. The van der Waals surface area contributed by atoms with E-state index in [0.29, 0.717) is 0 Å². The monoisotopic (exact) mass is 341 g/mol. The summed E-state index contributed by atoms with van der Waals surface area (Å²) in [5.74, 6) is 0. The van der Waals surface area contributed by atoms with Gasteiger partial charge in [-0.25, -0.2) is 4.98 Å². The fraction of sp³-hybridized carbons (Fsp3) is 0.118. The van der Waals surface area contributed by atoms with Crippen LogP contribution >= 0.6 is 15.9 Å². The Morgan fingerprint density at radius 1 is 1.14 bits per heavy atom. The number of hydrogen-bond donors (Lipinski definition) is 1. The Bertz CT molecular complexity index is 750. The second-order valence-corrected chi connectivity index (χ2v) is 5.92. The highest BCUT2D eigenvalue weighted by atomic mass is 79.9. The van der Waals surface area contributed by atoms with Crippen LogP contribution in [-0.2, 0) is 0 Å². The molecule has 1 aromatic heterocycles. The van der Waals surface area contributed by atoms with Gasteiger partial charge in [-0.05, 0) is 30.2 Å². The first-order valence-electron chi connectivity index (χ1n) is 6.76. The van der Waals surface area contributed by atoms with Gasteiger partial charge in [-0.2, -0.15) is 0 Å². The van der Waals surface area contributed by atoms with Gasteiger partial charge in [0, 0.05) is 4.47 Å². The first kappa shape index (κ1) is 14.0. The maximum absolute atomic E-state index is 6.41. The summed E-state index contributed by atoms with van der Waals surface area (Å²) in [5.41, 5.74) is 10.7. The number of halogens is 1. The Hall–Kier alpha value is -1.91. The number of hydrogen-bond acceptors (Lipinski definition) is 2. The van der Waals surface area contributed by atoms with Crippen LogP contribution in [0, 0.1) is 6.92 Å². The van der Waals surface area contributed by atoms with Crippen molar-refractivity contribution in [2.75, 3.05) is 0 Å². The van der Waals surface area contributed by atoms with Crippen molar-refractivity contribution in [2.45, 2.75) is 13.0 Å². The Balaban J connectivity index is 2.07. The lowest BCUT2D eigenvalue weighted by atomic mass is 10.0. The molecule has 3 rings (SSSR count). The summed E-state index contributed by atoms with van der Waals surface area (Å²) in [6.07, 6.45) is 3.64. The molecule has 3 nitrogen and oxygen atoms in total. The Kier molecular flexibility index (Phi) is 3.90. The summed E-state index contributed by atoms with van der Waals surface area (Å²) in [6, 6.07) is 16.1. The van der Waals surface area contributed by atoms with Gasteiger partial charge in [0.2, 0.25) is 0 Å². The van der Waals surface area contributed by atoms with Gasteiger partial charge in [-0.1, -0.05) is 52.3 Å². The van der Waals surface area contributed by atoms with E-state index < -0.39 is 0 Å². The van der Waals surface area contributed by atoms with Gasteiger partial charge < -0.3 is 10.3 Å².